The van der Waals surface area contributed by atoms with Gasteiger partial charge in [-0.1, -0.05) is 49.2 Å². The number of halogens is 1. The first-order chi connectivity index (χ1) is 13.5. The van der Waals surface area contributed by atoms with Gasteiger partial charge in [-0.3, -0.25) is 14.0 Å². The Hall–Kier alpha value is -2.86. The highest BCUT2D eigenvalue weighted by atomic mass is 35.5. The summed E-state index contributed by atoms with van der Waals surface area (Å²) in [4.78, 5) is 31.6. The van der Waals surface area contributed by atoms with E-state index in [9.17, 15) is 9.59 Å². The SMILES string of the molecule is CCCCN(C)C(=O)c1nc(C(=O)NCc2ccccc2Cl)n2ccccc12. The normalized spacial score (nSPS) is 10.8. The van der Waals surface area contributed by atoms with Gasteiger partial charge in [0.1, 0.15) is 0 Å². The van der Waals surface area contributed by atoms with Crippen molar-refractivity contribution < 1.29 is 9.59 Å². The van der Waals surface area contributed by atoms with Gasteiger partial charge in [0, 0.05) is 31.4 Å². The van der Waals surface area contributed by atoms with Crippen molar-refractivity contribution in [2.24, 2.45) is 0 Å². The fourth-order valence-electron chi connectivity index (χ4n) is 2.93. The number of unbranched alkanes of at least 4 members (excludes halogenated alkanes) is 1. The van der Waals surface area contributed by atoms with E-state index in [1.807, 2.05) is 24.3 Å². The van der Waals surface area contributed by atoms with E-state index >= 15 is 0 Å². The Morgan fingerprint density at radius 1 is 1.18 bits per heavy atom. The Kier molecular flexibility index (Phi) is 6.31. The molecule has 0 spiro atoms. The lowest BCUT2D eigenvalue weighted by Gasteiger charge is -2.15. The van der Waals surface area contributed by atoms with Crippen molar-refractivity contribution in [1.29, 1.82) is 0 Å². The number of hydrogen-bond acceptors (Lipinski definition) is 3. The largest absolute Gasteiger partial charge is 0.345 e. The van der Waals surface area contributed by atoms with Crippen LogP contribution >= 0.6 is 11.6 Å². The Morgan fingerprint density at radius 3 is 2.68 bits per heavy atom. The van der Waals surface area contributed by atoms with Crippen LogP contribution in [0.4, 0.5) is 0 Å². The molecule has 7 heteroatoms. The lowest BCUT2D eigenvalue weighted by molar-refractivity contribution is 0.0790. The van der Waals surface area contributed by atoms with Crippen LogP contribution in [0.15, 0.2) is 48.7 Å². The van der Waals surface area contributed by atoms with E-state index in [2.05, 4.69) is 17.2 Å². The third kappa shape index (κ3) is 4.17. The first kappa shape index (κ1) is 19.9. The molecule has 2 amide bonds. The summed E-state index contributed by atoms with van der Waals surface area (Å²) in [7, 11) is 1.75. The summed E-state index contributed by atoms with van der Waals surface area (Å²) in [6.07, 6.45) is 3.64. The molecule has 0 aliphatic rings. The molecule has 6 nitrogen and oxygen atoms in total. The van der Waals surface area contributed by atoms with Crippen LogP contribution in [-0.2, 0) is 6.54 Å². The Labute approximate surface area is 169 Å². The number of carbonyl (C=O) groups is 2. The number of pyridine rings is 1. The van der Waals surface area contributed by atoms with E-state index in [0.717, 1.165) is 18.4 Å². The summed E-state index contributed by atoms with van der Waals surface area (Å²) in [6.45, 7) is 3.00. The Bertz CT molecular complexity index is 999. The topological polar surface area (TPSA) is 66.7 Å². The quantitative estimate of drug-likeness (QED) is 0.658. The van der Waals surface area contributed by atoms with Crippen LogP contribution < -0.4 is 5.32 Å². The number of imidazole rings is 1. The first-order valence-electron chi connectivity index (χ1n) is 9.27. The second-order valence-electron chi connectivity index (χ2n) is 6.59. The summed E-state index contributed by atoms with van der Waals surface area (Å²) >= 11 is 6.15. The molecule has 0 atom stereocenters. The molecule has 1 N–H and O–H groups in total. The maximum atomic E-state index is 12.8. The summed E-state index contributed by atoms with van der Waals surface area (Å²) in [6, 6.07) is 12.7. The zero-order valence-electron chi connectivity index (χ0n) is 16.0. The van der Waals surface area contributed by atoms with Crippen molar-refractivity contribution in [1.82, 2.24) is 19.6 Å². The number of fused-ring (bicyclic) bond motifs is 1. The molecule has 2 heterocycles. The Morgan fingerprint density at radius 2 is 1.93 bits per heavy atom. The van der Waals surface area contributed by atoms with Crippen molar-refractivity contribution in [3.05, 3.63) is 70.8 Å². The summed E-state index contributed by atoms with van der Waals surface area (Å²) < 4.78 is 1.64. The third-order valence-corrected chi connectivity index (χ3v) is 4.91. The minimum Gasteiger partial charge on any atom is -0.345 e. The van der Waals surface area contributed by atoms with Gasteiger partial charge in [-0.15, -0.1) is 0 Å². The van der Waals surface area contributed by atoms with E-state index in [-0.39, 0.29) is 29.9 Å². The molecule has 3 rings (SSSR count). The standard InChI is InChI=1S/C21H23ClN4O2/c1-3-4-12-25(2)21(28)18-17-11-7-8-13-26(17)19(24-18)20(27)23-14-15-9-5-6-10-16(15)22/h5-11,13H,3-4,12,14H2,1-2H3,(H,23,27). The molecule has 1 aromatic carbocycles. The first-order valence-corrected chi connectivity index (χ1v) is 9.65. The zero-order chi connectivity index (χ0) is 20.1. The average Bonchev–Trinajstić information content (AvgIpc) is 3.10. The van der Waals surface area contributed by atoms with Crippen molar-refractivity contribution in [2.45, 2.75) is 26.3 Å². The van der Waals surface area contributed by atoms with Gasteiger partial charge in [0.05, 0.1) is 5.52 Å². The molecule has 146 valence electrons. The van der Waals surface area contributed by atoms with Gasteiger partial charge in [-0.2, -0.15) is 0 Å². The van der Waals surface area contributed by atoms with Crippen LogP contribution in [-0.4, -0.2) is 39.7 Å². The van der Waals surface area contributed by atoms with Gasteiger partial charge in [0.2, 0.25) is 5.82 Å². The third-order valence-electron chi connectivity index (χ3n) is 4.55. The van der Waals surface area contributed by atoms with Crippen LogP contribution in [0.3, 0.4) is 0 Å². The van der Waals surface area contributed by atoms with E-state index in [4.69, 9.17) is 11.6 Å². The lowest BCUT2D eigenvalue weighted by atomic mass is 10.2. The fraction of sp³-hybridized carbons (Fsp3) is 0.286. The van der Waals surface area contributed by atoms with Crippen LogP contribution in [0.1, 0.15) is 46.4 Å². The zero-order valence-corrected chi connectivity index (χ0v) is 16.7. The van der Waals surface area contributed by atoms with Crippen LogP contribution in [0.25, 0.3) is 5.52 Å². The monoisotopic (exact) mass is 398 g/mol. The number of nitrogens with one attached hydrogen (secondary N) is 1. The van der Waals surface area contributed by atoms with Crippen molar-refractivity contribution in [3.8, 4) is 0 Å². The second kappa shape index (κ2) is 8.89. The number of hydrogen-bond donors (Lipinski definition) is 1. The van der Waals surface area contributed by atoms with Gasteiger partial charge in [-0.25, -0.2) is 4.98 Å². The molecule has 0 unspecified atom stereocenters. The molecule has 0 bridgehead atoms. The van der Waals surface area contributed by atoms with E-state index in [0.29, 0.717) is 17.1 Å². The van der Waals surface area contributed by atoms with Crippen LogP contribution in [0.5, 0.6) is 0 Å². The number of rotatable bonds is 7. The maximum absolute atomic E-state index is 12.8. The highest BCUT2D eigenvalue weighted by molar-refractivity contribution is 6.31. The molecular formula is C21H23ClN4O2. The number of aromatic nitrogens is 2. The van der Waals surface area contributed by atoms with E-state index < -0.39 is 0 Å². The molecule has 3 aromatic rings. The minimum atomic E-state index is -0.364. The highest BCUT2D eigenvalue weighted by Crippen LogP contribution is 2.17. The van der Waals surface area contributed by atoms with Gasteiger partial charge < -0.3 is 10.2 Å². The molecule has 0 radical (unpaired) electrons. The molecule has 0 aliphatic heterocycles. The molecular weight excluding hydrogens is 376 g/mol. The number of nitrogens with zero attached hydrogens (tertiary/aromatic N) is 3. The average molecular weight is 399 g/mol. The Balaban J connectivity index is 1.86. The highest BCUT2D eigenvalue weighted by Gasteiger charge is 2.23. The van der Waals surface area contributed by atoms with Crippen molar-refractivity contribution in [2.75, 3.05) is 13.6 Å². The predicted octanol–water partition coefficient (Wildman–Crippen LogP) is 3.79. The van der Waals surface area contributed by atoms with Gasteiger partial charge in [-0.05, 0) is 30.2 Å². The summed E-state index contributed by atoms with van der Waals surface area (Å²) in [5, 5.41) is 3.42. The number of benzene rings is 1. The fourth-order valence-corrected chi connectivity index (χ4v) is 3.13. The second-order valence-corrected chi connectivity index (χ2v) is 7.00. The smallest absolute Gasteiger partial charge is 0.287 e. The van der Waals surface area contributed by atoms with Crippen molar-refractivity contribution >= 4 is 28.9 Å². The predicted molar refractivity (Wildman–Crippen MR) is 110 cm³/mol. The van der Waals surface area contributed by atoms with E-state index in [1.165, 1.54) is 0 Å². The number of amides is 2. The van der Waals surface area contributed by atoms with Gasteiger partial charge in [0.25, 0.3) is 11.8 Å². The summed E-state index contributed by atoms with van der Waals surface area (Å²) in [5.41, 5.74) is 1.70. The molecule has 0 saturated heterocycles. The minimum absolute atomic E-state index is 0.176. The maximum Gasteiger partial charge on any atom is 0.287 e. The molecule has 0 saturated carbocycles. The van der Waals surface area contributed by atoms with Crippen LogP contribution in [0.2, 0.25) is 5.02 Å². The molecule has 0 fully saturated rings. The number of carbonyl (C=O) groups excluding carboxylic acids is 2. The van der Waals surface area contributed by atoms with Gasteiger partial charge in [0.15, 0.2) is 5.69 Å². The molecule has 28 heavy (non-hydrogen) atoms. The van der Waals surface area contributed by atoms with Gasteiger partial charge >= 0.3 is 0 Å². The lowest BCUT2D eigenvalue weighted by Crippen LogP contribution is -2.28. The molecule has 0 aliphatic carbocycles. The molecule has 2 aromatic heterocycles. The summed E-state index contributed by atoms with van der Waals surface area (Å²) in [5.74, 6) is -0.381. The van der Waals surface area contributed by atoms with E-state index in [1.54, 1.807) is 40.7 Å². The van der Waals surface area contributed by atoms with Crippen molar-refractivity contribution in [3.63, 3.8) is 0 Å². The van der Waals surface area contributed by atoms with Crippen LogP contribution in [0, 0.1) is 0 Å².